The van der Waals surface area contributed by atoms with Crippen molar-refractivity contribution in [2.24, 2.45) is 0 Å². The van der Waals surface area contributed by atoms with E-state index in [9.17, 15) is 14.7 Å². The zero-order valence-corrected chi connectivity index (χ0v) is 28.3. The molecule has 250 valence electrons. The number of methoxy groups -OCH3 is 1. The number of nitrogens with zero attached hydrogens (tertiary/aromatic N) is 4. The fraction of sp³-hybridized carbons (Fsp3) is 0.351. The van der Waals surface area contributed by atoms with Crippen LogP contribution in [0.15, 0.2) is 67.0 Å². The number of likely N-dealkylation sites (tertiary alicyclic amines) is 1. The minimum atomic E-state index is -0.300. The van der Waals surface area contributed by atoms with Crippen molar-refractivity contribution in [1.29, 1.82) is 0 Å². The summed E-state index contributed by atoms with van der Waals surface area (Å²) < 4.78 is 5.77. The molecule has 3 N–H and O–H groups in total. The number of nitrogens with one attached hydrogen (secondary N) is 2. The Morgan fingerprint density at radius 2 is 2.00 bits per heavy atom. The molecule has 2 amide bonds. The van der Waals surface area contributed by atoms with Crippen LogP contribution in [0, 0.1) is 6.92 Å². The largest absolute Gasteiger partial charge is 0.496 e. The summed E-state index contributed by atoms with van der Waals surface area (Å²) in [6.45, 7) is 5.58. The third-order valence-electron chi connectivity index (χ3n) is 9.09. The van der Waals surface area contributed by atoms with Gasteiger partial charge in [-0.2, -0.15) is 0 Å². The van der Waals surface area contributed by atoms with E-state index in [1.165, 1.54) is 0 Å². The van der Waals surface area contributed by atoms with Gasteiger partial charge in [0.25, 0.3) is 5.91 Å². The van der Waals surface area contributed by atoms with E-state index < -0.39 is 0 Å². The number of β-amino-alcohol motifs (C(OH)–C–C–N with tert-alkyl or cyclic N) is 1. The van der Waals surface area contributed by atoms with Crippen molar-refractivity contribution in [3.63, 3.8) is 0 Å². The summed E-state index contributed by atoms with van der Waals surface area (Å²) in [6.07, 6.45) is 5.40. The number of pyridine rings is 2. The Labute approximate surface area is 286 Å². The molecule has 6 rings (SSSR count). The second kappa shape index (κ2) is 14.8. The monoisotopic (exact) mass is 668 g/mol. The van der Waals surface area contributed by atoms with Crippen molar-refractivity contribution in [2.45, 2.75) is 51.4 Å². The van der Waals surface area contributed by atoms with Gasteiger partial charge in [0, 0.05) is 80.0 Å². The van der Waals surface area contributed by atoms with Gasteiger partial charge in [-0.25, -0.2) is 0 Å². The van der Waals surface area contributed by atoms with Crippen molar-refractivity contribution in [2.75, 3.05) is 39.1 Å². The van der Waals surface area contributed by atoms with Gasteiger partial charge in [0.2, 0.25) is 5.91 Å². The molecule has 0 saturated carbocycles. The number of hydrogen-bond acceptors (Lipinski definition) is 8. The van der Waals surface area contributed by atoms with Crippen LogP contribution in [0.5, 0.6) is 5.75 Å². The number of halogens is 1. The summed E-state index contributed by atoms with van der Waals surface area (Å²) >= 11 is 7.05. The first-order chi connectivity index (χ1) is 23.2. The summed E-state index contributed by atoms with van der Waals surface area (Å²) in [7, 11) is 3.69. The highest BCUT2D eigenvalue weighted by atomic mass is 35.5. The average Bonchev–Trinajstić information content (AvgIpc) is 3.69. The number of benzene rings is 2. The van der Waals surface area contributed by atoms with Crippen LogP contribution < -0.4 is 15.4 Å². The molecule has 2 atom stereocenters. The number of anilines is 1. The lowest BCUT2D eigenvalue weighted by Gasteiger charge is -2.22. The fourth-order valence-corrected chi connectivity index (χ4v) is 6.86. The first-order valence-electron chi connectivity index (χ1n) is 16.2. The Morgan fingerprint density at radius 3 is 2.71 bits per heavy atom. The van der Waals surface area contributed by atoms with Crippen LogP contribution in [-0.2, 0) is 17.9 Å². The number of carbonyl (C=O) groups excluding carboxylic acids is 2. The van der Waals surface area contributed by atoms with Crippen LogP contribution in [0.25, 0.3) is 22.4 Å². The SMILES string of the molecule is COc1cc(-c2nccc(-c3cccc(NC(=O)c4ccc(CN5CCC(O)C5)cn4)c3C)c2Cl)ccc1CN(C)CC1CCC(=O)N1. The number of aliphatic hydroxyl groups excluding tert-OH is 1. The highest BCUT2D eigenvalue weighted by molar-refractivity contribution is 6.35. The minimum Gasteiger partial charge on any atom is -0.496 e. The van der Waals surface area contributed by atoms with Gasteiger partial charge in [-0.3, -0.25) is 29.4 Å². The summed E-state index contributed by atoms with van der Waals surface area (Å²) in [5, 5.41) is 16.3. The van der Waals surface area contributed by atoms with Crippen LogP contribution >= 0.6 is 11.6 Å². The molecular formula is C37H41ClN6O4. The van der Waals surface area contributed by atoms with Gasteiger partial charge in [-0.1, -0.05) is 41.9 Å². The standard InChI is InChI=1S/C37H41ClN6O4/c1-23-29(5-4-6-31(23)42-37(47)32-11-7-24(18-40-32)19-44-16-14-28(45)22-44)30-13-15-39-36(35(30)38)25-8-9-26(33(17-25)48-3)20-43(2)21-27-10-12-34(46)41-27/h4-9,11,13,15,17-18,27-28,45H,10,12,14,16,19-22H2,1-3H3,(H,41,46)(H,42,47). The number of rotatable bonds is 11. The average molecular weight is 669 g/mol. The van der Waals surface area contributed by atoms with Crippen molar-refractivity contribution >= 4 is 29.1 Å². The molecule has 4 aromatic rings. The van der Waals surface area contributed by atoms with Gasteiger partial charge in [-0.05, 0) is 67.8 Å². The van der Waals surface area contributed by atoms with Crippen LogP contribution in [0.4, 0.5) is 5.69 Å². The molecule has 2 fully saturated rings. The normalized spacial score (nSPS) is 17.9. The van der Waals surface area contributed by atoms with Gasteiger partial charge >= 0.3 is 0 Å². The maximum absolute atomic E-state index is 13.2. The summed E-state index contributed by atoms with van der Waals surface area (Å²) in [4.78, 5) is 38.2. The van der Waals surface area contributed by atoms with Crippen LogP contribution in [-0.4, -0.2) is 82.6 Å². The Morgan fingerprint density at radius 1 is 1.15 bits per heavy atom. The second-order valence-corrected chi connectivity index (χ2v) is 13.1. The third-order valence-corrected chi connectivity index (χ3v) is 9.47. The van der Waals surface area contributed by atoms with Crippen LogP contribution in [0.2, 0.25) is 5.02 Å². The van der Waals surface area contributed by atoms with Crippen molar-refractivity contribution in [3.05, 3.63) is 94.4 Å². The molecule has 0 aliphatic carbocycles. The second-order valence-electron chi connectivity index (χ2n) is 12.7. The molecule has 4 heterocycles. The van der Waals surface area contributed by atoms with E-state index in [0.717, 1.165) is 65.1 Å². The zero-order valence-electron chi connectivity index (χ0n) is 27.5. The van der Waals surface area contributed by atoms with Crippen molar-refractivity contribution in [3.8, 4) is 28.1 Å². The first-order valence-corrected chi connectivity index (χ1v) is 16.6. The van der Waals surface area contributed by atoms with E-state index in [-0.39, 0.29) is 24.0 Å². The molecule has 2 aliphatic rings. The predicted molar refractivity (Wildman–Crippen MR) is 187 cm³/mol. The summed E-state index contributed by atoms with van der Waals surface area (Å²) in [6, 6.07) is 17.4. The predicted octanol–water partition coefficient (Wildman–Crippen LogP) is 5.31. The molecule has 11 heteroatoms. The third kappa shape index (κ3) is 7.68. The van der Waals surface area contributed by atoms with Gasteiger partial charge < -0.3 is 20.5 Å². The Balaban J connectivity index is 1.17. The minimum absolute atomic E-state index is 0.114. The number of likely N-dealkylation sites (N-methyl/N-ethyl adjacent to an activating group) is 1. The van der Waals surface area contributed by atoms with Crippen molar-refractivity contribution in [1.82, 2.24) is 25.1 Å². The van der Waals surface area contributed by atoms with Crippen LogP contribution in [0.1, 0.15) is 46.4 Å². The molecule has 2 unspecified atom stereocenters. The molecule has 2 aliphatic heterocycles. The molecular weight excluding hydrogens is 628 g/mol. The fourth-order valence-electron chi connectivity index (χ4n) is 6.54. The first kappa shape index (κ1) is 33.5. The highest BCUT2D eigenvalue weighted by Gasteiger charge is 2.23. The molecule has 10 nitrogen and oxygen atoms in total. The van der Waals surface area contributed by atoms with Gasteiger partial charge in [-0.15, -0.1) is 0 Å². The summed E-state index contributed by atoms with van der Waals surface area (Å²) in [5.41, 5.74) is 7.00. The molecule has 0 radical (unpaired) electrons. The number of aromatic nitrogens is 2. The number of ether oxygens (including phenoxy) is 1. The quantitative estimate of drug-likeness (QED) is 0.197. The zero-order chi connectivity index (χ0) is 33.8. The van der Waals surface area contributed by atoms with E-state index in [1.54, 1.807) is 25.6 Å². The van der Waals surface area contributed by atoms with E-state index >= 15 is 0 Å². The van der Waals surface area contributed by atoms with Gasteiger partial charge in [0.1, 0.15) is 11.4 Å². The molecule has 0 spiro atoms. The number of hydrogen-bond donors (Lipinski definition) is 3. The lowest BCUT2D eigenvalue weighted by molar-refractivity contribution is -0.119. The van der Waals surface area contributed by atoms with Gasteiger partial charge in [0.15, 0.2) is 0 Å². The lowest BCUT2D eigenvalue weighted by Crippen LogP contribution is -2.36. The molecule has 2 aromatic heterocycles. The Hall–Kier alpha value is -4.35. The molecule has 2 saturated heterocycles. The molecule has 2 aromatic carbocycles. The van der Waals surface area contributed by atoms with Gasteiger partial charge in [0.05, 0.1) is 23.9 Å². The highest BCUT2D eigenvalue weighted by Crippen LogP contribution is 2.39. The maximum Gasteiger partial charge on any atom is 0.274 e. The van der Waals surface area contributed by atoms with E-state index in [2.05, 4.69) is 30.4 Å². The molecule has 0 bridgehead atoms. The Kier molecular flexibility index (Phi) is 10.4. The van der Waals surface area contributed by atoms with E-state index in [0.29, 0.717) is 48.2 Å². The number of carbonyl (C=O) groups is 2. The topological polar surface area (TPSA) is 120 Å². The van der Waals surface area contributed by atoms with Crippen molar-refractivity contribution < 1.29 is 19.4 Å². The Bertz CT molecular complexity index is 1800. The lowest BCUT2D eigenvalue weighted by atomic mass is 9.97. The molecule has 48 heavy (non-hydrogen) atoms. The maximum atomic E-state index is 13.2. The smallest absolute Gasteiger partial charge is 0.274 e. The number of amides is 2. The van der Waals surface area contributed by atoms with E-state index in [4.69, 9.17) is 16.3 Å². The summed E-state index contributed by atoms with van der Waals surface area (Å²) in [5.74, 6) is 0.546. The van der Waals surface area contributed by atoms with E-state index in [1.807, 2.05) is 62.5 Å². The van der Waals surface area contributed by atoms with Crippen LogP contribution in [0.3, 0.4) is 0 Å². The number of aliphatic hydroxyl groups is 1.